The van der Waals surface area contributed by atoms with Gasteiger partial charge in [-0.1, -0.05) is 62.2 Å². The summed E-state index contributed by atoms with van der Waals surface area (Å²) in [6.07, 6.45) is 1.77. The summed E-state index contributed by atoms with van der Waals surface area (Å²) < 4.78 is 26.4. The Morgan fingerprint density at radius 1 is 0.972 bits per heavy atom. The van der Waals surface area contributed by atoms with Gasteiger partial charge in [0.1, 0.15) is 12.6 Å². The predicted octanol–water partition coefficient (Wildman–Crippen LogP) is 5.21. The van der Waals surface area contributed by atoms with Gasteiger partial charge >= 0.3 is 0 Å². The molecular weight excluding hydrogens is 521 g/mol. The Bertz CT molecular complexity index is 1150. The van der Waals surface area contributed by atoms with Crippen LogP contribution in [0.1, 0.15) is 58.1 Å². The molecule has 2 atom stereocenters. The Kier molecular flexibility index (Phi) is 10.6. The summed E-state index contributed by atoms with van der Waals surface area (Å²) in [6, 6.07) is 11.0. The van der Waals surface area contributed by atoms with Gasteiger partial charge < -0.3 is 10.2 Å². The third-order valence-electron chi connectivity index (χ3n) is 6.09. The van der Waals surface area contributed by atoms with Crippen molar-refractivity contribution >= 4 is 50.7 Å². The molecule has 1 N–H and O–H groups in total. The van der Waals surface area contributed by atoms with Gasteiger partial charge in [-0.25, -0.2) is 8.42 Å². The number of carbonyl (C=O) groups is 2. The summed E-state index contributed by atoms with van der Waals surface area (Å²) in [5.74, 6) is -0.641. The van der Waals surface area contributed by atoms with Crippen LogP contribution in [-0.4, -0.2) is 50.0 Å². The van der Waals surface area contributed by atoms with E-state index in [0.717, 1.165) is 22.5 Å². The lowest BCUT2D eigenvalue weighted by Gasteiger charge is -2.32. The van der Waals surface area contributed by atoms with Crippen LogP contribution in [0, 0.1) is 0 Å². The number of benzene rings is 2. The third kappa shape index (κ3) is 7.85. The molecule has 2 aromatic rings. The molecule has 0 spiro atoms. The SMILES string of the molecule is CC[C@@H](C)NC(=O)[C@@H](C)N(Cc1c(Cl)cccc1Cl)C(=O)CN(c1ccc(C(C)C)cc1)S(C)(=O)=O. The smallest absolute Gasteiger partial charge is 0.244 e. The molecule has 0 fully saturated rings. The van der Waals surface area contributed by atoms with Crippen LogP contribution in [0.4, 0.5) is 5.69 Å². The van der Waals surface area contributed by atoms with E-state index in [1.54, 1.807) is 37.3 Å². The average Bonchev–Trinajstić information content (AvgIpc) is 2.81. The Hall–Kier alpha value is -2.29. The highest BCUT2D eigenvalue weighted by atomic mass is 35.5. The zero-order valence-electron chi connectivity index (χ0n) is 21.6. The average molecular weight is 557 g/mol. The Morgan fingerprint density at radius 3 is 2.00 bits per heavy atom. The number of hydrogen-bond acceptors (Lipinski definition) is 4. The zero-order chi connectivity index (χ0) is 27.2. The van der Waals surface area contributed by atoms with Crippen molar-refractivity contribution in [3.63, 3.8) is 0 Å². The van der Waals surface area contributed by atoms with Crippen LogP contribution in [-0.2, 0) is 26.2 Å². The Morgan fingerprint density at radius 2 is 1.53 bits per heavy atom. The summed E-state index contributed by atoms with van der Waals surface area (Å²) in [6.45, 7) is 8.94. The van der Waals surface area contributed by atoms with Gasteiger partial charge in [0, 0.05) is 28.2 Å². The van der Waals surface area contributed by atoms with Crippen molar-refractivity contribution in [1.29, 1.82) is 0 Å². The van der Waals surface area contributed by atoms with E-state index < -0.39 is 28.5 Å². The molecule has 0 aromatic heterocycles. The molecule has 0 radical (unpaired) electrons. The van der Waals surface area contributed by atoms with E-state index in [2.05, 4.69) is 5.32 Å². The number of amides is 2. The molecule has 198 valence electrons. The fourth-order valence-electron chi connectivity index (χ4n) is 3.54. The lowest BCUT2D eigenvalue weighted by Crippen LogP contribution is -2.52. The van der Waals surface area contributed by atoms with Gasteiger partial charge in [-0.15, -0.1) is 0 Å². The van der Waals surface area contributed by atoms with Crippen molar-refractivity contribution in [3.05, 3.63) is 63.6 Å². The van der Waals surface area contributed by atoms with Crippen molar-refractivity contribution in [1.82, 2.24) is 10.2 Å². The van der Waals surface area contributed by atoms with Gasteiger partial charge in [0.15, 0.2) is 0 Å². The van der Waals surface area contributed by atoms with E-state index in [4.69, 9.17) is 23.2 Å². The third-order valence-corrected chi connectivity index (χ3v) is 7.93. The van der Waals surface area contributed by atoms with Crippen molar-refractivity contribution in [2.75, 3.05) is 17.1 Å². The molecule has 2 amide bonds. The van der Waals surface area contributed by atoms with Gasteiger partial charge in [-0.05, 0) is 56.0 Å². The lowest BCUT2D eigenvalue weighted by atomic mass is 10.0. The highest BCUT2D eigenvalue weighted by molar-refractivity contribution is 7.92. The van der Waals surface area contributed by atoms with Crippen LogP contribution < -0.4 is 9.62 Å². The maximum Gasteiger partial charge on any atom is 0.244 e. The zero-order valence-corrected chi connectivity index (χ0v) is 23.9. The summed E-state index contributed by atoms with van der Waals surface area (Å²) in [7, 11) is -3.80. The second-order valence-corrected chi connectivity index (χ2v) is 12.0. The summed E-state index contributed by atoms with van der Waals surface area (Å²) in [4.78, 5) is 27.9. The second kappa shape index (κ2) is 12.8. The van der Waals surface area contributed by atoms with Crippen molar-refractivity contribution in [2.24, 2.45) is 0 Å². The van der Waals surface area contributed by atoms with Crippen molar-refractivity contribution in [3.8, 4) is 0 Å². The van der Waals surface area contributed by atoms with Crippen LogP contribution in [0.3, 0.4) is 0 Å². The number of carbonyl (C=O) groups excluding carboxylic acids is 2. The van der Waals surface area contributed by atoms with Gasteiger partial charge in [-0.3, -0.25) is 13.9 Å². The molecule has 10 heteroatoms. The van der Waals surface area contributed by atoms with E-state index >= 15 is 0 Å². The summed E-state index contributed by atoms with van der Waals surface area (Å²) in [5.41, 5.74) is 1.89. The van der Waals surface area contributed by atoms with E-state index in [1.807, 2.05) is 39.8 Å². The van der Waals surface area contributed by atoms with E-state index in [1.165, 1.54) is 4.90 Å². The molecule has 2 rings (SSSR count). The highest BCUT2D eigenvalue weighted by Crippen LogP contribution is 2.27. The Balaban J connectivity index is 2.44. The first-order valence-corrected chi connectivity index (χ1v) is 14.5. The highest BCUT2D eigenvalue weighted by Gasteiger charge is 2.31. The first kappa shape index (κ1) is 29.9. The molecule has 0 aliphatic rings. The number of anilines is 1. The molecular formula is C26H35Cl2N3O4S. The standard InChI is InChI=1S/C26H35Cl2N3O4S/c1-7-18(4)29-26(33)19(5)30(15-22-23(27)9-8-10-24(22)28)25(32)16-31(36(6,34)35)21-13-11-20(12-14-21)17(2)3/h8-14,17-19H,7,15-16H2,1-6H3,(H,29,33)/t18-,19-/m1/s1. The molecule has 0 saturated heterocycles. The maximum absolute atomic E-state index is 13.6. The second-order valence-electron chi connectivity index (χ2n) is 9.23. The number of nitrogens with one attached hydrogen (secondary N) is 1. The molecule has 0 aliphatic heterocycles. The van der Waals surface area contributed by atoms with Crippen LogP contribution in [0.25, 0.3) is 0 Å². The van der Waals surface area contributed by atoms with Crippen LogP contribution >= 0.6 is 23.2 Å². The largest absolute Gasteiger partial charge is 0.352 e. The maximum atomic E-state index is 13.6. The first-order chi connectivity index (χ1) is 16.8. The number of hydrogen-bond donors (Lipinski definition) is 1. The minimum Gasteiger partial charge on any atom is -0.352 e. The number of nitrogens with zero attached hydrogens (tertiary/aromatic N) is 2. The minimum atomic E-state index is -3.80. The Labute approximate surface area is 224 Å². The van der Waals surface area contributed by atoms with E-state index in [-0.39, 0.29) is 24.4 Å². The van der Waals surface area contributed by atoms with Crippen LogP contribution in [0.2, 0.25) is 10.0 Å². The fourth-order valence-corrected chi connectivity index (χ4v) is 4.91. The number of halogens is 2. The molecule has 0 unspecified atom stereocenters. The molecule has 36 heavy (non-hydrogen) atoms. The molecule has 2 aromatic carbocycles. The first-order valence-electron chi connectivity index (χ1n) is 11.9. The van der Waals surface area contributed by atoms with Gasteiger partial charge in [0.2, 0.25) is 21.8 Å². The topological polar surface area (TPSA) is 86.8 Å². The monoisotopic (exact) mass is 555 g/mol. The van der Waals surface area contributed by atoms with E-state index in [9.17, 15) is 18.0 Å². The normalized spacial score (nSPS) is 13.2. The van der Waals surface area contributed by atoms with Gasteiger partial charge in [0.05, 0.1) is 11.9 Å². The van der Waals surface area contributed by atoms with Crippen LogP contribution in [0.15, 0.2) is 42.5 Å². The molecule has 7 nitrogen and oxygen atoms in total. The lowest BCUT2D eigenvalue weighted by molar-refractivity contribution is -0.139. The molecule has 0 aliphatic carbocycles. The predicted molar refractivity (Wildman–Crippen MR) is 147 cm³/mol. The minimum absolute atomic E-state index is 0.0592. The number of rotatable bonds is 11. The summed E-state index contributed by atoms with van der Waals surface area (Å²) >= 11 is 12.7. The quantitative estimate of drug-likeness (QED) is 0.412. The van der Waals surface area contributed by atoms with Crippen molar-refractivity contribution in [2.45, 2.75) is 65.6 Å². The van der Waals surface area contributed by atoms with Crippen LogP contribution in [0.5, 0.6) is 0 Å². The van der Waals surface area contributed by atoms with E-state index in [0.29, 0.717) is 21.3 Å². The number of sulfonamides is 1. The van der Waals surface area contributed by atoms with Gasteiger partial charge in [-0.2, -0.15) is 0 Å². The van der Waals surface area contributed by atoms with Gasteiger partial charge in [0.25, 0.3) is 0 Å². The fraction of sp³-hybridized carbons (Fsp3) is 0.462. The molecule has 0 heterocycles. The van der Waals surface area contributed by atoms with Crippen molar-refractivity contribution < 1.29 is 18.0 Å². The summed E-state index contributed by atoms with van der Waals surface area (Å²) in [5, 5.41) is 3.57. The molecule has 0 saturated carbocycles. The molecule has 0 bridgehead atoms.